The van der Waals surface area contributed by atoms with E-state index in [0.717, 1.165) is 16.4 Å². The number of nitrogens with zero attached hydrogens (tertiary/aromatic N) is 1. The predicted molar refractivity (Wildman–Crippen MR) is 110 cm³/mol. The van der Waals surface area contributed by atoms with Crippen LogP contribution in [0.5, 0.6) is 0 Å². The third kappa shape index (κ3) is 5.51. The first-order valence-electron chi connectivity index (χ1n) is 9.09. The van der Waals surface area contributed by atoms with Crippen LogP contribution in [0.4, 0.5) is 23.2 Å². The van der Waals surface area contributed by atoms with Gasteiger partial charge in [0.25, 0.3) is 5.76 Å². The Morgan fingerprint density at radius 1 is 1.16 bits per heavy atom. The fraction of sp³-hybridized carbons (Fsp3) is 0.316. The molecule has 0 spiro atoms. The number of thioether (sulfide) groups is 1. The number of hydrogen-bond donors (Lipinski definition) is 1. The lowest BCUT2D eigenvalue weighted by Gasteiger charge is -2.30. The number of rotatable bonds is 6. The van der Waals surface area contributed by atoms with E-state index in [1.807, 2.05) is 0 Å². The third-order valence-electron chi connectivity index (χ3n) is 4.77. The molecule has 1 N–H and O–H groups in total. The number of hydrogen-bond acceptors (Lipinski definition) is 4. The molecule has 168 valence electrons. The molecule has 0 saturated carbocycles. The summed E-state index contributed by atoms with van der Waals surface area (Å²) in [5.74, 6) is -5.73. The van der Waals surface area contributed by atoms with Crippen LogP contribution in [0.15, 0.2) is 46.2 Å². The Kier molecular flexibility index (Phi) is 7.51. The molecule has 0 aliphatic carbocycles. The second kappa shape index (κ2) is 9.76. The molecule has 2 aromatic rings. The molecule has 31 heavy (non-hydrogen) atoms. The number of carbonyl (C=O) groups excluding carboxylic acids is 1. The van der Waals surface area contributed by atoms with Gasteiger partial charge in [0.15, 0.2) is 0 Å². The summed E-state index contributed by atoms with van der Waals surface area (Å²) in [5, 5.41) is 2.64. The smallest absolute Gasteiger partial charge is 0.289 e. The van der Waals surface area contributed by atoms with E-state index < -0.39 is 44.1 Å². The Bertz CT molecular complexity index is 1080. The second-order valence-corrected chi connectivity index (χ2v) is 10.1. The molecule has 1 fully saturated rings. The van der Waals surface area contributed by atoms with E-state index in [1.54, 1.807) is 0 Å². The summed E-state index contributed by atoms with van der Waals surface area (Å²) in [6.07, 6.45) is 0.250. The van der Waals surface area contributed by atoms with Crippen molar-refractivity contribution >= 4 is 45.0 Å². The van der Waals surface area contributed by atoms with Crippen molar-refractivity contribution in [2.24, 2.45) is 5.92 Å². The van der Waals surface area contributed by atoms with Crippen molar-refractivity contribution < 1.29 is 30.8 Å². The average Bonchev–Trinajstić information content (AvgIpc) is 2.72. The highest BCUT2D eigenvalue weighted by atomic mass is 35.5. The van der Waals surface area contributed by atoms with Crippen LogP contribution in [0.3, 0.4) is 0 Å². The number of anilines is 1. The Morgan fingerprint density at radius 2 is 1.84 bits per heavy atom. The quantitative estimate of drug-likeness (QED) is 0.453. The summed E-state index contributed by atoms with van der Waals surface area (Å²) in [6.45, 7) is -0.158. The standard InChI is InChI=1S/C19H17ClF4N2O3S2/c20-13-2-1-3-15(17(13)30-19(23)24)25-18(27)11-6-8-26(9-7-11)31(28,29)16-10-12(21)4-5-14(16)22/h1-5,10-11,19H,6-9H2,(H,25,27). The van der Waals surface area contributed by atoms with Crippen molar-refractivity contribution in [2.75, 3.05) is 18.4 Å². The van der Waals surface area contributed by atoms with Crippen LogP contribution in [0, 0.1) is 17.6 Å². The molecule has 0 atom stereocenters. The molecule has 1 aliphatic heterocycles. The Balaban J connectivity index is 1.68. The van der Waals surface area contributed by atoms with Gasteiger partial charge in [0.05, 0.1) is 15.6 Å². The SMILES string of the molecule is O=C(Nc1cccc(Cl)c1SC(F)F)C1CCN(S(=O)(=O)c2cc(F)ccc2F)CC1. The molecule has 1 amide bonds. The number of alkyl halides is 2. The van der Waals surface area contributed by atoms with E-state index in [1.165, 1.54) is 18.2 Å². The van der Waals surface area contributed by atoms with Crippen LogP contribution < -0.4 is 5.32 Å². The number of amides is 1. The minimum absolute atomic E-state index is 0.0362. The lowest BCUT2D eigenvalue weighted by molar-refractivity contribution is -0.120. The Labute approximate surface area is 185 Å². The number of benzene rings is 2. The molecule has 0 unspecified atom stereocenters. The van der Waals surface area contributed by atoms with Gasteiger partial charge in [0.2, 0.25) is 15.9 Å². The summed E-state index contributed by atoms with van der Waals surface area (Å²) in [5.41, 5.74) is 0.139. The first-order chi connectivity index (χ1) is 14.6. The molecule has 5 nitrogen and oxygen atoms in total. The lowest BCUT2D eigenvalue weighted by atomic mass is 9.97. The van der Waals surface area contributed by atoms with Gasteiger partial charge < -0.3 is 5.32 Å². The van der Waals surface area contributed by atoms with Crippen LogP contribution in [0.1, 0.15) is 12.8 Å². The molecule has 1 heterocycles. The molecule has 0 bridgehead atoms. The van der Waals surface area contributed by atoms with E-state index in [-0.39, 0.29) is 53.3 Å². The maximum atomic E-state index is 13.9. The van der Waals surface area contributed by atoms with E-state index in [0.29, 0.717) is 6.07 Å². The normalized spacial score (nSPS) is 15.9. The lowest BCUT2D eigenvalue weighted by Crippen LogP contribution is -2.41. The van der Waals surface area contributed by atoms with Gasteiger partial charge in [-0.2, -0.15) is 13.1 Å². The van der Waals surface area contributed by atoms with Gasteiger partial charge in [-0.15, -0.1) is 0 Å². The van der Waals surface area contributed by atoms with Crippen molar-refractivity contribution in [3.63, 3.8) is 0 Å². The predicted octanol–water partition coefficient (Wildman–Crippen LogP) is 4.97. The van der Waals surface area contributed by atoms with E-state index in [4.69, 9.17) is 11.6 Å². The second-order valence-electron chi connectivity index (χ2n) is 6.74. The van der Waals surface area contributed by atoms with E-state index in [9.17, 15) is 30.8 Å². The maximum Gasteiger partial charge on any atom is 0.289 e. The summed E-state index contributed by atoms with van der Waals surface area (Å²) in [6, 6.07) is 6.56. The number of carbonyl (C=O) groups is 1. The third-order valence-corrected chi connectivity index (χ3v) is 7.96. The molecule has 12 heteroatoms. The molecule has 0 radical (unpaired) electrons. The van der Waals surface area contributed by atoms with Crippen molar-refractivity contribution in [3.05, 3.63) is 53.1 Å². The molecule has 2 aromatic carbocycles. The fourth-order valence-corrected chi connectivity index (χ4v) is 5.68. The van der Waals surface area contributed by atoms with Gasteiger partial charge >= 0.3 is 0 Å². The Morgan fingerprint density at radius 3 is 2.48 bits per heavy atom. The van der Waals surface area contributed by atoms with Crippen LogP contribution >= 0.6 is 23.4 Å². The summed E-state index contributed by atoms with van der Waals surface area (Å²) >= 11 is 6.17. The largest absolute Gasteiger partial charge is 0.325 e. The minimum Gasteiger partial charge on any atom is -0.325 e. The topological polar surface area (TPSA) is 66.5 Å². The van der Waals surface area contributed by atoms with E-state index in [2.05, 4.69) is 5.32 Å². The number of nitrogens with one attached hydrogen (secondary N) is 1. The molecule has 1 aliphatic rings. The molecular formula is C19H17ClF4N2O3S2. The summed E-state index contributed by atoms with van der Waals surface area (Å²) in [4.78, 5) is 11.9. The van der Waals surface area contributed by atoms with E-state index >= 15 is 0 Å². The number of halogens is 5. The first-order valence-corrected chi connectivity index (χ1v) is 11.8. The Hall–Kier alpha value is -1.82. The van der Waals surface area contributed by atoms with Gasteiger partial charge in [-0.1, -0.05) is 29.4 Å². The monoisotopic (exact) mass is 496 g/mol. The summed E-state index contributed by atoms with van der Waals surface area (Å²) < 4.78 is 79.2. The zero-order valence-electron chi connectivity index (χ0n) is 15.8. The van der Waals surface area contributed by atoms with Crippen LogP contribution in [0.2, 0.25) is 5.02 Å². The van der Waals surface area contributed by atoms with Gasteiger partial charge in [-0.25, -0.2) is 17.2 Å². The van der Waals surface area contributed by atoms with Gasteiger partial charge in [0, 0.05) is 19.0 Å². The molecule has 3 rings (SSSR count). The highest BCUT2D eigenvalue weighted by molar-refractivity contribution is 7.99. The first kappa shape index (κ1) is 23.8. The van der Waals surface area contributed by atoms with Crippen molar-refractivity contribution in [1.82, 2.24) is 4.31 Å². The van der Waals surface area contributed by atoms with Crippen LogP contribution in [0.25, 0.3) is 0 Å². The van der Waals surface area contributed by atoms with Crippen molar-refractivity contribution in [3.8, 4) is 0 Å². The minimum atomic E-state index is -4.27. The summed E-state index contributed by atoms with van der Waals surface area (Å²) in [7, 11) is -4.27. The molecule has 0 aromatic heterocycles. The van der Waals surface area contributed by atoms with Crippen LogP contribution in [-0.2, 0) is 14.8 Å². The highest BCUT2D eigenvalue weighted by Gasteiger charge is 2.34. The van der Waals surface area contributed by atoms with Gasteiger partial charge in [-0.05, 0) is 43.2 Å². The van der Waals surface area contributed by atoms with Crippen molar-refractivity contribution in [1.29, 1.82) is 0 Å². The average molecular weight is 497 g/mol. The molecular weight excluding hydrogens is 480 g/mol. The van der Waals surface area contributed by atoms with Gasteiger partial charge in [0.1, 0.15) is 16.5 Å². The van der Waals surface area contributed by atoms with Gasteiger partial charge in [-0.3, -0.25) is 4.79 Å². The number of piperidine rings is 1. The zero-order valence-corrected chi connectivity index (χ0v) is 18.2. The van der Waals surface area contributed by atoms with Crippen molar-refractivity contribution in [2.45, 2.75) is 28.4 Å². The fourth-order valence-electron chi connectivity index (χ4n) is 3.22. The highest BCUT2D eigenvalue weighted by Crippen LogP contribution is 2.38. The zero-order chi connectivity index (χ0) is 22.8. The number of sulfonamides is 1. The van der Waals surface area contributed by atoms with Crippen LogP contribution in [-0.4, -0.2) is 37.5 Å². The molecule has 1 saturated heterocycles. The maximum absolute atomic E-state index is 13.9.